The first-order chi connectivity index (χ1) is 10.0. The normalized spacial score (nSPS) is 9.71. The fraction of sp³-hybridized carbons (Fsp3) is 0. The van der Waals surface area contributed by atoms with Gasteiger partial charge < -0.3 is 5.32 Å². The van der Waals surface area contributed by atoms with Crippen molar-refractivity contribution in [2.45, 2.75) is 0 Å². The van der Waals surface area contributed by atoms with Crippen molar-refractivity contribution in [1.29, 1.82) is 5.26 Å². The zero-order valence-electron chi connectivity index (χ0n) is 10.5. The third-order valence-electron chi connectivity index (χ3n) is 2.68. The second-order valence-electron chi connectivity index (χ2n) is 4.06. The van der Waals surface area contributed by atoms with Gasteiger partial charge in [-0.1, -0.05) is 0 Å². The first-order valence-corrected chi connectivity index (χ1v) is 6.84. The topological polar surface area (TPSA) is 96.0 Å². The van der Waals surface area contributed by atoms with Gasteiger partial charge in [0.15, 0.2) is 0 Å². The van der Waals surface area contributed by atoms with E-state index in [1.807, 2.05) is 6.07 Å². The molecule has 2 aromatic carbocycles. The number of hydrogen-bond acceptors (Lipinski definition) is 4. The zero-order chi connectivity index (χ0) is 15.4. The predicted octanol–water partition coefficient (Wildman–Crippen LogP) is 3.32. The number of nitriles is 1. The van der Waals surface area contributed by atoms with Crippen molar-refractivity contribution in [3.8, 4) is 6.07 Å². The van der Waals surface area contributed by atoms with Crippen molar-refractivity contribution in [3.05, 3.63) is 67.3 Å². The van der Waals surface area contributed by atoms with Gasteiger partial charge in [-0.2, -0.15) is 5.26 Å². The monoisotopic (exact) mass is 393 g/mol. The lowest BCUT2D eigenvalue weighted by Gasteiger charge is -2.06. The van der Waals surface area contributed by atoms with E-state index in [1.165, 1.54) is 12.1 Å². The number of carbonyl (C=O) groups is 1. The highest BCUT2D eigenvalue weighted by molar-refractivity contribution is 14.1. The summed E-state index contributed by atoms with van der Waals surface area (Å²) in [7, 11) is 0. The molecule has 2 aromatic rings. The van der Waals surface area contributed by atoms with E-state index in [1.54, 1.807) is 24.3 Å². The molecule has 0 saturated heterocycles. The van der Waals surface area contributed by atoms with Crippen LogP contribution in [0.3, 0.4) is 0 Å². The number of halogens is 1. The number of nitrogens with one attached hydrogen (secondary N) is 1. The first-order valence-electron chi connectivity index (χ1n) is 5.76. The maximum atomic E-state index is 12.1. The molecule has 0 bridgehead atoms. The van der Waals surface area contributed by atoms with Crippen molar-refractivity contribution < 1.29 is 9.72 Å². The highest BCUT2D eigenvalue weighted by Gasteiger charge is 2.17. The minimum Gasteiger partial charge on any atom is -0.316 e. The Morgan fingerprint density at radius 3 is 2.48 bits per heavy atom. The summed E-state index contributed by atoms with van der Waals surface area (Å²) in [4.78, 5) is 22.4. The van der Waals surface area contributed by atoms with Gasteiger partial charge >= 0.3 is 0 Å². The van der Waals surface area contributed by atoms with E-state index in [0.29, 0.717) is 5.56 Å². The second kappa shape index (κ2) is 6.32. The van der Waals surface area contributed by atoms with Gasteiger partial charge in [-0.3, -0.25) is 14.9 Å². The number of amides is 1. The molecule has 1 amide bonds. The van der Waals surface area contributed by atoms with Crippen molar-refractivity contribution in [3.63, 3.8) is 0 Å². The summed E-state index contributed by atoms with van der Waals surface area (Å²) in [5.74, 6) is -0.445. The van der Waals surface area contributed by atoms with Crippen molar-refractivity contribution >= 4 is 39.9 Å². The fourth-order valence-electron chi connectivity index (χ4n) is 1.65. The van der Waals surface area contributed by atoms with Gasteiger partial charge in [0.1, 0.15) is 5.69 Å². The third-order valence-corrected chi connectivity index (χ3v) is 3.40. The largest absolute Gasteiger partial charge is 0.316 e. The summed E-state index contributed by atoms with van der Waals surface area (Å²) < 4.78 is 0.980. The molecule has 1 N–H and O–H groups in total. The van der Waals surface area contributed by atoms with E-state index in [-0.39, 0.29) is 16.9 Å². The second-order valence-corrected chi connectivity index (χ2v) is 5.31. The van der Waals surface area contributed by atoms with Gasteiger partial charge in [0, 0.05) is 15.2 Å². The molecule has 0 unspecified atom stereocenters. The van der Waals surface area contributed by atoms with Gasteiger partial charge in [-0.05, 0) is 59.0 Å². The van der Waals surface area contributed by atoms with E-state index < -0.39 is 10.8 Å². The molecule has 0 atom stereocenters. The van der Waals surface area contributed by atoms with Crippen LogP contribution in [-0.4, -0.2) is 10.8 Å². The average Bonchev–Trinajstić information content (AvgIpc) is 2.48. The number of nitro groups is 1. The van der Waals surface area contributed by atoms with E-state index in [4.69, 9.17) is 5.26 Å². The molecule has 0 aliphatic rings. The smallest absolute Gasteiger partial charge is 0.294 e. The number of benzene rings is 2. The van der Waals surface area contributed by atoms with Crippen LogP contribution in [0.4, 0.5) is 11.4 Å². The molecule has 6 nitrogen and oxygen atoms in total. The van der Waals surface area contributed by atoms with E-state index in [2.05, 4.69) is 27.9 Å². The van der Waals surface area contributed by atoms with Crippen LogP contribution in [0.2, 0.25) is 0 Å². The zero-order valence-corrected chi connectivity index (χ0v) is 12.7. The Labute approximate surface area is 133 Å². The van der Waals surface area contributed by atoms with Gasteiger partial charge in [0.2, 0.25) is 0 Å². The van der Waals surface area contributed by atoms with Crippen LogP contribution in [0.5, 0.6) is 0 Å². The summed E-state index contributed by atoms with van der Waals surface area (Å²) in [5, 5.41) is 22.2. The lowest BCUT2D eigenvalue weighted by Crippen LogP contribution is -2.13. The van der Waals surface area contributed by atoms with Crippen LogP contribution in [0.1, 0.15) is 15.9 Å². The van der Waals surface area contributed by atoms with Crippen molar-refractivity contribution in [2.75, 3.05) is 5.32 Å². The molecule has 0 spiro atoms. The average molecular weight is 393 g/mol. The molecule has 2 rings (SSSR count). The summed E-state index contributed by atoms with van der Waals surface area (Å²) in [6.45, 7) is 0. The van der Waals surface area contributed by atoms with Crippen LogP contribution in [0, 0.1) is 25.0 Å². The molecule has 0 aliphatic carbocycles. The highest BCUT2D eigenvalue weighted by Crippen LogP contribution is 2.25. The molecule has 21 heavy (non-hydrogen) atoms. The standard InChI is InChI=1S/C14H8IN3O3/c15-11-4-2-10(3-5-11)14(19)17-12-6-1-9(8-16)7-13(12)18(20)21/h1-7H,(H,17,19). The third kappa shape index (κ3) is 3.55. The fourth-order valence-corrected chi connectivity index (χ4v) is 2.01. The Kier molecular flexibility index (Phi) is 4.49. The quantitative estimate of drug-likeness (QED) is 0.492. The minimum absolute atomic E-state index is 0.0579. The molecule has 0 aliphatic heterocycles. The molecule has 0 fully saturated rings. The van der Waals surface area contributed by atoms with E-state index >= 15 is 0 Å². The van der Waals surface area contributed by atoms with Gasteiger partial charge in [-0.15, -0.1) is 0 Å². The number of hydrogen-bond donors (Lipinski definition) is 1. The maximum Gasteiger partial charge on any atom is 0.294 e. The molecule has 0 heterocycles. The molecule has 104 valence electrons. The molecule has 0 saturated carbocycles. The summed E-state index contributed by atoms with van der Waals surface area (Å²) in [6.07, 6.45) is 0. The number of nitrogens with zero attached hydrogens (tertiary/aromatic N) is 2. The van der Waals surface area contributed by atoms with Crippen LogP contribution in [-0.2, 0) is 0 Å². The Hall–Kier alpha value is -2.47. The lowest BCUT2D eigenvalue weighted by atomic mass is 10.1. The number of anilines is 1. The Bertz CT molecular complexity index is 751. The summed E-state index contributed by atoms with van der Waals surface area (Å²) in [6, 6.07) is 12.5. The summed E-state index contributed by atoms with van der Waals surface area (Å²) in [5.41, 5.74) is 0.304. The number of carbonyl (C=O) groups excluding carboxylic acids is 1. The Balaban J connectivity index is 2.31. The number of rotatable bonds is 3. The van der Waals surface area contributed by atoms with Crippen LogP contribution < -0.4 is 5.32 Å². The van der Waals surface area contributed by atoms with Gasteiger partial charge in [0.25, 0.3) is 11.6 Å². The van der Waals surface area contributed by atoms with Gasteiger partial charge in [0.05, 0.1) is 16.6 Å². The molecular weight excluding hydrogens is 385 g/mol. The van der Waals surface area contributed by atoms with Crippen molar-refractivity contribution in [2.24, 2.45) is 0 Å². The summed E-state index contributed by atoms with van der Waals surface area (Å²) >= 11 is 2.11. The maximum absolute atomic E-state index is 12.1. The molecule has 7 heteroatoms. The predicted molar refractivity (Wildman–Crippen MR) is 84.9 cm³/mol. The lowest BCUT2D eigenvalue weighted by molar-refractivity contribution is -0.383. The molecule has 0 aromatic heterocycles. The minimum atomic E-state index is -0.635. The highest BCUT2D eigenvalue weighted by atomic mass is 127. The molecular formula is C14H8IN3O3. The van der Waals surface area contributed by atoms with Crippen LogP contribution in [0.25, 0.3) is 0 Å². The van der Waals surface area contributed by atoms with Gasteiger partial charge in [-0.25, -0.2) is 0 Å². The van der Waals surface area contributed by atoms with E-state index in [0.717, 1.165) is 9.64 Å². The van der Waals surface area contributed by atoms with Crippen LogP contribution in [0.15, 0.2) is 42.5 Å². The van der Waals surface area contributed by atoms with Crippen LogP contribution >= 0.6 is 22.6 Å². The van der Waals surface area contributed by atoms with E-state index in [9.17, 15) is 14.9 Å². The van der Waals surface area contributed by atoms with Crippen molar-refractivity contribution in [1.82, 2.24) is 0 Å². The Morgan fingerprint density at radius 2 is 1.90 bits per heavy atom. The first kappa shape index (κ1) is 14.9. The molecule has 0 radical (unpaired) electrons. The number of nitro benzene ring substituents is 1. The Morgan fingerprint density at radius 1 is 1.24 bits per heavy atom. The SMILES string of the molecule is N#Cc1ccc(NC(=O)c2ccc(I)cc2)c([N+](=O)[O-])c1.